The molecule has 3 aromatic heterocycles. The van der Waals surface area contributed by atoms with E-state index >= 15 is 0 Å². The minimum atomic E-state index is -3.52. The van der Waals surface area contributed by atoms with Crippen LogP contribution >= 0.6 is 11.3 Å². The van der Waals surface area contributed by atoms with E-state index in [-0.39, 0.29) is 23.0 Å². The number of hydrogen-bond acceptors (Lipinski definition) is 13. The van der Waals surface area contributed by atoms with Crippen LogP contribution < -0.4 is 10.2 Å². The highest BCUT2D eigenvalue weighted by Crippen LogP contribution is 2.27. The van der Waals surface area contributed by atoms with Crippen molar-refractivity contribution < 1.29 is 22.8 Å². The maximum atomic E-state index is 13.5. The maximum Gasteiger partial charge on any atom is 0.280 e. The summed E-state index contributed by atoms with van der Waals surface area (Å²) in [6, 6.07) is 11.3. The molecular formula is C28H34N8O5S2. The molecule has 0 saturated heterocycles. The summed E-state index contributed by atoms with van der Waals surface area (Å²) in [4.78, 5) is 41.2. The molecule has 4 rings (SSSR count). The summed E-state index contributed by atoms with van der Waals surface area (Å²) in [5.74, 6) is 0.534. The van der Waals surface area contributed by atoms with Gasteiger partial charge >= 0.3 is 0 Å². The van der Waals surface area contributed by atoms with Crippen molar-refractivity contribution in [3.05, 3.63) is 66.2 Å². The summed E-state index contributed by atoms with van der Waals surface area (Å²) < 4.78 is 30.3. The molecule has 4 aromatic rings. The lowest BCUT2D eigenvalue weighted by atomic mass is 10.1. The number of methoxy groups -OCH3 is 1. The number of amides is 1. The first-order valence-corrected chi connectivity index (χ1v) is 15.9. The second kappa shape index (κ2) is 14.9. The number of hydrogen-bond donors (Lipinski definition) is 1. The van der Waals surface area contributed by atoms with Crippen molar-refractivity contribution in [1.82, 2.24) is 24.8 Å². The first-order chi connectivity index (χ1) is 20.7. The molecule has 228 valence electrons. The van der Waals surface area contributed by atoms with E-state index in [1.54, 1.807) is 18.5 Å². The number of oxime groups is 1. The Hall–Kier alpha value is -4.05. The standard InChI is InChI=1S/C28H34N8O5S2/c1-35(2)15-16-36(3)24-12-11-22-27(32-24)42-28(31-22)33-26(37)25(34-41-19-23-29-13-5-14-30-23)20-7-9-21(10-8-20)43(38,39)18-6-17-40-4/h5,7-14H,6,15-19H2,1-4H3,(H,31,33,37)/b34-25+. The van der Waals surface area contributed by atoms with Gasteiger partial charge in [-0.05, 0) is 50.8 Å². The molecule has 0 radical (unpaired) electrons. The van der Waals surface area contributed by atoms with E-state index in [1.807, 2.05) is 33.3 Å². The number of pyridine rings is 1. The van der Waals surface area contributed by atoms with Crippen LogP contribution in [0.3, 0.4) is 0 Å². The largest absolute Gasteiger partial charge is 0.387 e. The molecule has 0 aliphatic heterocycles. The molecule has 0 saturated carbocycles. The molecule has 0 bridgehead atoms. The lowest BCUT2D eigenvalue weighted by Gasteiger charge is -2.20. The third kappa shape index (κ3) is 8.97. The topological polar surface area (TPSA) is 152 Å². The normalized spacial score (nSPS) is 12.1. The van der Waals surface area contributed by atoms with E-state index in [0.29, 0.717) is 39.9 Å². The number of carbonyl (C=O) groups excluding carboxylic acids is 1. The Balaban J connectivity index is 1.55. The van der Waals surface area contributed by atoms with Crippen LogP contribution in [0, 0.1) is 0 Å². The molecule has 1 N–H and O–H groups in total. The van der Waals surface area contributed by atoms with Crippen molar-refractivity contribution in [3.63, 3.8) is 0 Å². The third-order valence-corrected chi connectivity index (χ3v) is 8.86. The molecule has 0 fully saturated rings. The average molecular weight is 627 g/mol. The smallest absolute Gasteiger partial charge is 0.280 e. The Morgan fingerprint density at radius 1 is 1.02 bits per heavy atom. The predicted octanol–water partition coefficient (Wildman–Crippen LogP) is 2.85. The summed E-state index contributed by atoms with van der Waals surface area (Å²) in [5, 5.41) is 7.18. The minimum Gasteiger partial charge on any atom is -0.387 e. The van der Waals surface area contributed by atoms with Crippen LogP contribution in [0.25, 0.3) is 10.3 Å². The molecule has 0 unspecified atom stereocenters. The molecular weight excluding hydrogens is 592 g/mol. The number of fused-ring (bicyclic) bond motifs is 1. The average Bonchev–Trinajstić information content (AvgIpc) is 3.40. The van der Waals surface area contributed by atoms with Crippen LogP contribution in [-0.2, 0) is 30.8 Å². The van der Waals surface area contributed by atoms with Gasteiger partial charge in [-0.2, -0.15) is 0 Å². The highest BCUT2D eigenvalue weighted by Gasteiger charge is 2.20. The molecule has 0 spiro atoms. The minimum absolute atomic E-state index is 0.0550. The number of anilines is 2. The number of aromatic nitrogens is 4. The van der Waals surface area contributed by atoms with Crippen LogP contribution in [0.15, 0.2) is 64.9 Å². The number of benzene rings is 1. The van der Waals surface area contributed by atoms with Crippen molar-refractivity contribution >= 4 is 54.1 Å². The van der Waals surface area contributed by atoms with Gasteiger partial charge in [-0.3, -0.25) is 10.1 Å². The van der Waals surface area contributed by atoms with E-state index < -0.39 is 15.7 Å². The molecule has 1 aromatic carbocycles. The SMILES string of the molecule is COCCCS(=O)(=O)c1ccc(/C(=N\OCc2ncccn2)C(=O)Nc2nc3ccc(N(C)CCN(C)C)nc3s2)cc1. The lowest BCUT2D eigenvalue weighted by molar-refractivity contribution is -0.110. The van der Waals surface area contributed by atoms with Gasteiger partial charge in [-0.1, -0.05) is 28.6 Å². The zero-order valence-corrected chi connectivity index (χ0v) is 26.1. The quantitative estimate of drug-likeness (QED) is 0.118. The van der Waals surface area contributed by atoms with Crippen LogP contribution in [0.4, 0.5) is 10.9 Å². The van der Waals surface area contributed by atoms with E-state index in [0.717, 1.165) is 18.9 Å². The monoisotopic (exact) mass is 626 g/mol. The number of carbonyl (C=O) groups is 1. The van der Waals surface area contributed by atoms with Gasteiger partial charge in [-0.25, -0.2) is 28.4 Å². The van der Waals surface area contributed by atoms with Gasteiger partial charge in [0.15, 0.2) is 33.1 Å². The number of likely N-dealkylation sites (N-methyl/N-ethyl adjacent to an activating group) is 2. The van der Waals surface area contributed by atoms with Gasteiger partial charge in [0.25, 0.3) is 5.91 Å². The van der Waals surface area contributed by atoms with Crippen molar-refractivity contribution in [2.24, 2.45) is 5.16 Å². The second-order valence-electron chi connectivity index (χ2n) is 9.76. The van der Waals surface area contributed by atoms with Crippen molar-refractivity contribution in [3.8, 4) is 0 Å². The third-order valence-electron chi connectivity index (χ3n) is 6.17. The van der Waals surface area contributed by atoms with Gasteiger partial charge in [0, 0.05) is 51.8 Å². The Labute approximate surface area is 254 Å². The first-order valence-electron chi connectivity index (χ1n) is 13.4. The van der Waals surface area contributed by atoms with Crippen molar-refractivity contribution in [2.75, 3.05) is 63.9 Å². The number of ether oxygens (including phenoxy) is 1. The van der Waals surface area contributed by atoms with Crippen LogP contribution in [0.2, 0.25) is 0 Å². The highest BCUT2D eigenvalue weighted by atomic mass is 32.2. The Bertz CT molecular complexity index is 1640. The summed E-state index contributed by atoms with van der Waals surface area (Å²) in [6.07, 6.45) is 3.51. The van der Waals surface area contributed by atoms with Gasteiger partial charge in [0.05, 0.1) is 10.6 Å². The van der Waals surface area contributed by atoms with Crippen molar-refractivity contribution in [2.45, 2.75) is 17.9 Å². The second-order valence-corrected chi connectivity index (χ2v) is 12.8. The summed E-state index contributed by atoms with van der Waals surface area (Å²) in [7, 11) is 4.01. The zero-order valence-electron chi connectivity index (χ0n) is 24.4. The van der Waals surface area contributed by atoms with Gasteiger partial charge in [0.2, 0.25) is 0 Å². The highest BCUT2D eigenvalue weighted by molar-refractivity contribution is 7.91. The fraction of sp³-hybridized carbons (Fsp3) is 0.357. The van der Waals surface area contributed by atoms with Crippen LogP contribution in [-0.4, -0.2) is 98.6 Å². The Kier molecular flexibility index (Phi) is 11.1. The molecule has 15 heteroatoms. The first kappa shape index (κ1) is 31.9. The molecule has 43 heavy (non-hydrogen) atoms. The number of thiazole rings is 1. The number of nitrogens with one attached hydrogen (secondary N) is 1. The number of nitrogens with zero attached hydrogens (tertiary/aromatic N) is 7. The van der Waals surface area contributed by atoms with E-state index in [2.05, 4.69) is 35.2 Å². The lowest BCUT2D eigenvalue weighted by Crippen LogP contribution is -2.28. The van der Waals surface area contributed by atoms with Gasteiger partial charge in [0.1, 0.15) is 16.2 Å². The van der Waals surface area contributed by atoms with Crippen molar-refractivity contribution in [1.29, 1.82) is 0 Å². The molecule has 3 heterocycles. The zero-order chi connectivity index (χ0) is 30.8. The summed E-state index contributed by atoms with van der Waals surface area (Å²) in [6.45, 7) is 1.95. The molecule has 0 aliphatic carbocycles. The van der Waals surface area contributed by atoms with Crippen LogP contribution in [0.5, 0.6) is 0 Å². The van der Waals surface area contributed by atoms with E-state index in [1.165, 1.54) is 42.7 Å². The Morgan fingerprint density at radius 3 is 2.47 bits per heavy atom. The fourth-order valence-corrected chi connectivity index (χ4v) is 5.92. The predicted molar refractivity (Wildman–Crippen MR) is 166 cm³/mol. The molecule has 1 amide bonds. The summed E-state index contributed by atoms with van der Waals surface area (Å²) >= 11 is 1.23. The maximum absolute atomic E-state index is 13.5. The summed E-state index contributed by atoms with van der Waals surface area (Å²) in [5.41, 5.74) is 0.922. The number of sulfone groups is 1. The van der Waals surface area contributed by atoms with Gasteiger partial charge < -0.3 is 19.4 Å². The Morgan fingerprint density at radius 2 is 1.77 bits per heavy atom. The van der Waals surface area contributed by atoms with Gasteiger partial charge in [-0.15, -0.1) is 0 Å². The van der Waals surface area contributed by atoms with E-state index in [4.69, 9.17) is 14.6 Å². The molecule has 0 aliphatic rings. The van der Waals surface area contributed by atoms with E-state index in [9.17, 15) is 13.2 Å². The molecule has 0 atom stereocenters. The fourth-order valence-electron chi connectivity index (χ4n) is 3.81. The number of rotatable bonds is 15. The molecule has 13 nitrogen and oxygen atoms in total. The van der Waals surface area contributed by atoms with Crippen LogP contribution in [0.1, 0.15) is 17.8 Å².